The van der Waals surface area contributed by atoms with Crippen LogP contribution in [0.25, 0.3) is 0 Å². The van der Waals surface area contributed by atoms with Gasteiger partial charge in [0, 0.05) is 0 Å². The molecule has 1 aromatic heterocycles. The van der Waals surface area contributed by atoms with Crippen LogP contribution >= 0.6 is 0 Å². The number of halogens is 2. The molecule has 0 bridgehead atoms. The number of benzene rings is 1. The van der Waals surface area contributed by atoms with Crippen molar-refractivity contribution < 1.29 is 28.2 Å². The molecule has 0 radical (unpaired) electrons. The normalized spacial score (nSPS) is 12.0. The topological polar surface area (TPSA) is 106 Å². The molecule has 1 heterocycles. The van der Waals surface area contributed by atoms with Gasteiger partial charge in [0.15, 0.2) is 5.69 Å². The minimum absolute atomic E-state index is 0.0242. The second-order valence-corrected chi connectivity index (χ2v) is 4.84. The molecular formula is C14H14F2N4O4. The average molecular weight is 340 g/mol. The van der Waals surface area contributed by atoms with E-state index >= 15 is 0 Å². The van der Waals surface area contributed by atoms with Crippen molar-refractivity contribution in [3.8, 4) is 5.75 Å². The number of ether oxygens (including phenoxy) is 1. The van der Waals surface area contributed by atoms with Crippen molar-refractivity contribution in [1.82, 2.24) is 20.3 Å². The van der Waals surface area contributed by atoms with Crippen LogP contribution in [-0.4, -0.2) is 38.6 Å². The first-order valence-corrected chi connectivity index (χ1v) is 6.82. The van der Waals surface area contributed by atoms with E-state index in [1.165, 1.54) is 12.1 Å². The molecule has 1 unspecified atom stereocenters. The molecule has 0 saturated carbocycles. The Morgan fingerprint density at radius 1 is 1.33 bits per heavy atom. The van der Waals surface area contributed by atoms with E-state index in [0.29, 0.717) is 5.56 Å². The summed E-state index contributed by atoms with van der Waals surface area (Å²) in [6.45, 7) is -1.38. The van der Waals surface area contributed by atoms with Gasteiger partial charge >= 0.3 is 12.6 Å². The minimum Gasteiger partial charge on any atom is -0.476 e. The number of nitrogens with one attached hydrogen (secondary N) is 1. The zero-order chi connectivity index (χ0) is 17.7. The summed E-state index contributed by atoms with van der Waals surface area (Å²) in [5.74, 6) is -1.62. The van der Waals surface area contributed by atoms with Gasteiger partial charge in [-0.3, -0.25) is 4.79 Å². The Morgan fingerprint density at radius 2 is 2.00 bits per heavy atom. The predicted molar refractivity (Wildman–Crippen MR) is 76.6 cm³/mol. The molecule has 128 valence electrons. The first-order chi connectivity index (χ1) is 11.3. The number of hydrogen-bond acceptors (Lipinski definition) is 5. The van der Waals surface area contributed by atoms with E-state index in [9.17, 15) is 18.4 Å². The van der Waals surface area contributed by atoms with E-state index in [-0.39, 0.29) is 24.0 Å². The van der Waals surface area contributed by atoms with Crippen molar-refractivity contribution in [1.29, 1.82) is 0 Å². The Balaban J connectivity index is 1.91. The second kappa shape index (κ2) is 7.49. The van der Waals surface area contributed by atoms with Gasteiger partial charge in [-0.15, -0.1) is 5.10 Å². The number of carboxylic acids is 1. The summed E-state index contributed by atoms with van der Waals surface area (Å²) in [6, 6.07) is 5.48. The van der Waals surface area contributed by atoms with E-state index < -0.39 is 18.5 Å². The van der Waals surface area contributed by atoms with Gasteiger partial charge in [0.25, 0.3) is 0 Å². The number of aromatic nitrogens is 3. The van der Waals surface area contributed by atoms with Crippen molar-refractivity contribution in [2.75, 3.05) is 0 Å². The maximum Gasteiger partial charge on any atom is 0.387 e. The van der Waals surface area contributed by atoms with Gasteiger partial charge in [-0.2, -0.15) is 8.78 Å². The summed E-state index contributed by atoms with van der Waals surface area (Å²) < 4.78 is 29.5. The van der Waals surface area contributed by atoms with Gasteiger partial charge in [0.1, 0.15) is 12.3 Å². The second-order valence-electron chi connectivity index (χ2n) is 4.84. The first-order valence-electron chi connectivity index (χ1n) is 6.82. The molecule has 0 aliphatic carbocycles. The fourth-order valence-electron chi connectivity index (χ4n) is 1.93. The summed E-state index contributed by atoms with van der Waals surface area (Å²) in [4.78, 5) is 22.6. The number of carboxylic acid groups (broad SMARTS) is 1. The van der Waals surface area contributed by atoms with Gasteiger partial charge in [0.2, 0.25) is 5.91 Å². The molecule has 2 N–H and O–H groups in total. The maximum absolute atomic E-state index is 12.1. The number of amides is 1. The van der Waals surface area contributed by atoms with Gasteiger partial charge in [-0.1, -0.05) is 17.3 Å². The third kappa shape index (κ3) is 4.73. The molecule has 0 fully saturated rings. The molecule has 2 rings (SSSR count). The van der Waals surface area contributed by atoms with E-state index in [1.807, 2.05) is 0 Å². The lowest BCUT2D eigenvalue weighted by Crippen LogP contribution is -2.30. The van der Waals surface area contributed by atoms with Crippen LogP contribution < -0.4 is 10.1 Å². The van der Waals surface area contributed by atoms with Crippen molar-refractivity contribution in [2.24, 2.45) is 0 Å². The monoisotopic (exact) mass is 340 g/mol. The van der Waals surface area contributed by atoms with Crippen molar-refractivity contribution in [3.63, 3.8) is 0 Å². The fourth-order valence-corrected chi connectivity index (χ4v) is 1.93. The summed E-state index contributed by atoms with van der Waals surface area (Å²) in [5.41, 5.74) is 0.431. The third-order valence-electron chi connectivity index (χ3n) is 3.05. The Labute approximate surface area is 135 Å². The summed E-state index contributed by atoms with van der Waals surface area (Å²) in [6.07, 6.45) is 1.14. The van der Waals surface area contributed by atoms with Gasteiger partial charge < -0.3 is 15.2 Å². The molecule has 0 saturated heterocycles. The Hall–Kier alpha value is -3.04. The van der Waals surface area contributed by atoms with Crippen LogP contribution in [0.5, 0.6) is 5.75 Å². The van der Waals surface area contributed by atoms with Crippen LogP contribution in [0.1, 0.15) is 29.0 Å². The van der Waals surface area contributed by atoms with Crippen LogP contribution in [0.2, 0.25) is 0 Å². The summed E-state index contributed by atoms with van der Waals surface area (Å²) >= 11 is 0. The number of rotatable bonds is 7. The number of carbonyl (C=O) groups is 2. The van der Waals surface area contributed by atoms with Crippen molar-refractivity contribution in [3.05, 3.63) is 41.7 Å². The molecule has 8 nitrogen and oxygen atoms in total. The summed E-state index contributed by atoms with van der Waals surface area (Å²) in [5, 5.41) is 18.3. The zero-order valence-corrected chi connectivity index (χ0v) is 12.5. The molecule has 0 spiro atoms. The molecular weight excluding hydrogens is 326 g/mol. The van der Waals surface area contributed by atoms with Crippen molar-refractivity contribution >= 4 is 11.9 Å². The Morgan fingerprint density at radius 3 is 2.54 bits per heavy atom. The largest absolute Gasteiger partial charge is 0.476 e. The smallest absolute Gasteiger partial charge is 0.387 e. The quantitative estimate of drug-likeness (QED) is 0.790. The molecule has 2 aromatic rings. The van der Waals surface area contributed by atoms with E-state index in [2.05, 4.69) is 20.4 Å². The number of aromatic carboxylic acids is 1. The average Bonchev–Trinajstić information content (AvgIpc) is 2.95. The molecule has 0 aliphatic rings. The Bertz CT molecular complexity index is 718. The van der Waals surface area contributed by atoms with Crippen LogP contribution in [-0.2, 0) is 11.3 Å². The highest BCUT2D eigenvalue weighted by Crippen LogP contribution is 2.19. The molecule has 1 atom stereocenters. The number of alkyl halides is 2. The number of hydrogen-bond donors (Lipinski definition) is 2. The van der Waals surface area contributed by atoms with Crippen LogP contribution in [0.15, 0.2) is 30.5 Å². The van der Waals surface area contributed by atoms with E-state index in [0.717, 1.165) is 10.9 Å². The van der Waals surface area contributed by atoms with E-state index in [4.69, 9.17) is 5.11 Å². The van der Waals surface area contributed by atoms with Crippen molar-refractivity contribution in [2.45, 2.75) is 26.1 Å². The lowest BCUT2D eigenvalue weighted by Gasteiger charge is -2.15. The van der Waals surface area contributed by atoms with Crippen LogP contribution in [0, 0.1) is 0 Å². The standard InChI is InChI=1S/C14H14F2N4O4/c1-8(9-2-4-10(5-3-9)24-14(15)16)17-12(21)7-20-6-11(13(22)23)18-19-20/h2-6,8,14H,7H2,1H3,(H,17,21)(H,22,23). The SMILES string of the molecule is CC(NC(=O)Cn1cc(C(=O)O)nn1)c1ccc(OC(F)F)cc1. The van der Waals surface area contributed by atoms with Gasteiger partial charge in [0.05, 0.1) is 12.2 Å². The van der Waals surface area contributed by atoms with Crippen LogP contribution in [0.3, 0.4) is 0 Å². The molecule has 24 heavy (non-hydrogen) atoms. The number of nitrogens with zero attached hydrogens (tertiary/aromatic N) is 3. The fraction of sp³-hybridized carbons (Fsp3) is 0.286. The zero-order valence-electron chi connectivity index (χ0n) is 12.5. The predicted octanol–water partition coefficient (Wildman–Crippen LogP) is 1.46. The molecule has 1 amide bonds. The summed E-state index contributed by atoms with van der Waals surface area (Å²) in [7, 11) is 0. The Kier molecular flexibility index (Phi) is 5.40. The third-order valence-corrected chi connectivity index (χ3v) is 3.05. The first kappa shape index (κ1) is 17.3. The lowest BCUT2D eigenvalue weighted by atomic mass is 10.1. The van der Waals surface area contributed by atoms with Gasteiger partial charge in [-0.05, 0) is 24.6 Å². The van der Waals surface area contributed by atoms with Crippen LogP contribution in [0.4, 0.5) is 8.78 Å². The van der Waals surface area contributed by atoms with E-state index in [1.54, 1.807) is 19.1 Å². The maximum atomic E-state index is 12.1. The molecule has 0 aliphatic heterocycles. The lowest BCUT2D eigenvalue weighted by molar-refractivity contribution is -0.122. The highest BCUT2D eigenvalue weighted by atomic mass is 19.3. The highest BCUT2D eigenvalue weighted by Gasteiger charge is 2.13. The minimum atomic E-state index is -2.90. The number of carbonyl (C=O) groups excluding carboxylic acids is 1. The molecule has 10 heteroatoms. The molecule has 1 aromatic carbocycles. The highest BCUT2D eigenvalue weighted by molar-refractivity contribution is 5.84. The van der Waals surface area contributed by atoms with Gasteiger partial charge in [-0.25, -0.2) is 9.48 Å².